The number of rotatable bonds is 11. The van der Waals surface area contributed by atoms with Crippen LogP contribution in [0, 0.1) is 0 Å². The molecule has 38 heavy (non-hydrogen) atoms. The van der Waals surface area contributed by atoms with Gasteiger partial charge in [0.05, 0.1) is 24.4 Å². The maximum atomic E-state index is 12.4. The second kappa shape index (κ2) is 12.7. The van der Waals surface area contributed by atoms with E-state index in [-0.39, 0.29) is 36.5 Å². The minimum Gasteiger partial charge on any atom is -0.494 e. The first-order valence-electron chi connectivity index (χ1n) is 11.6. The van der Waals surface area contributed by atoms with Crippen LogP contribution < -0.4 is 20.9 Å². The van der Waals surface area contributed by atoms with Gasteiger partial charge in [0.15, 0.2) is 0 Å². The molecule has 10 heteroatoms. The maximum absolute atomic E-state index is 12.4. The molecule has 3 aromatic rings. The van der Waals surface area contributed by atoms with Crippen LogP contribution in [-0.2, 0) is 16.0 Å². The average Bonchev–Trinajstić information content (AvgIpc) is 2.87. The number of esters is 2. The van der Waals surface area contributed by atoms with Crippen molar-refractivity contribution in [3.63, 3.8) is 0 Å². The lowest BCUT2D eigenvalue weighted by Crippen LogP contribution is -2.11. The highest BCUT2D eigenvalue weighted by Gasteiger charge is 2.26. The molecule has 200 valence electrons. The number of anilines is 2. The lowest BCUT2D eigenvalue weighted by molar-refractivity contribution is -0.137. The first kappa shape index (κ1) is 28.1. The fraction of sp³-hybridized carbons (Fsp3) is 0.214. The summed E-state index contributed by atoms with van der Waals surface area (Å²) < 4.78 is 52.4. The first-order chi connectivity index (χ1) is 18.0. The van der Waals surface area contributed by atoms with E-state index in [0.717, 1.165) is 5.56 Å². The molecule has 0 saturated carbocycles. The molecule has 3 rings (SSSR count). The molecule has 0 heterocycles. The number of ether oxygens (including phenoxy) is 3. The van der Waals surface area contributed by atoms with Gasteiger partial charge >= 0.3 is 18.1 Å². The van der Waals surface area contributed by atoms with Gasteiger partial charge in [-0.3, -0.25) is 0 Å². The molecule has 4 N–H and O–H groups in total. The molecule has 0 aromatic heterocycles. The Kier molecular flexibility index (Phi) is 9.37. The van der Waals surface area contributed by atoms with Crippen molar-refractivity contribution in [2.45, 2.75) is 25.4 Å². The third-order valence-electron chi connectivity index (χ3n) is 5.40. The Morgan fingerprint density at radius 3 is 2.11 bits per heavy atom. The molecule has 0 amide bonds. The first-order valence-corrected chi connectivity index (χ1v) is 11.6. The zero-order valence-electron chi connectivity index (χ0n) is 20.4. The van der Waals surface area contributed by atoms with Crippen LogP contribution in [0.15, 0.2) is 73.3 Å². The van der Waals surface area contributed by atoms with Gasteiger partial charge in [-0.15, -0.1) is 0 Å². The molecule has 3 aromatic carbocycles. The Hall–Kier alpha value is -4.47. The summed E-state index contributed by atoms with van der Waals surface area (Å²) in [5.74, 6) is -0.646. The fourth-order valence-corrected chi connectivity index (χ4v) is 3.34. The fourth-order valence-electron chi connectivity index (χ4n) is 3.34. The summed E-state index contributed by atoms with van der Waals surface area (Å²) >= 11 is 0. The van der Waals surface area contributed by atoms with E-state index in [2.05, 4.69) is 6.58 Å². The van der Waals surface area contributed by atoms with Crippen molar-refractivity contribution in [2.24, 2.45) is 0 Å². The van der Waals surface area contributed by atoms with Crippen LogP contribution in [-0.4, -0.2) is 31.3 Å². The zero-order valence-corrected chi connectivity index (χ0v) is 20.4. The summed E-state index contributed by atoms with van der Waals surface area (Å²) in [4.78, 5) is 24.8. The van der Waals surface area contributed by atoms with Crippen LogP contribution in [0.2, 0.25) is 0 Å². The highest BCUT2D eigenvalue weighted by molar-refractivity contribution is 6.15. The Balaban J connectivity index is 1.46. The second-order valence-electron chi connectivity index (χ2n) is 8.33. The number of benzene rings is 3. The van der Waals surface area contributed by atoms with Gasteiger partial charge in [-0.2, -0.15) is 13.2 Å². The van der Waals surface area contributed by atoms with Crippen molar-refractivity contribution in [3.05, 3.63) is 90.0 Å². The third kappa shape index (κ3) is 8.58. The molecule has 0 aliphatic rings. The van der Waals surface area contributed by atoms with E-state index in [9.17, 15) is 22.8 Å². The number of nitrogen functional groups attached to an aromatic ring is 2. The van der Waals surface area contributed by atoms with Crippen LogP contribution in [0.4, 0.5) is 24.5 Å². The van der Waals surface area contributed by atoms with E-state index >= 15 is 0 Å². The van der Waals surface area contributed by atoms with Crippen LogP contribution in [0.3, 0.4) is 0 Å². The standard InChI is InChI=1S/C28H27F3N2O5/c1-18(26(34)37-16-13-20-3-8-22(32)17-25(20)33)19-4-11-24(12-5-19)38-27(35)21-6-9-23(10-7-21)36-15-2-14-28(29,30)31/h3-12,17H,1-2,13-16,32-33H2. The summed E-state index contributed by atoms with van der Waals surface area (Å²) in [7, 11) is 0. The summed E-state index contributed by atoms with van der Waals surface area (Å²) in [6.45, 7) is 3.79. The van der Waals surface area contributed by atoms with E-state index in [1.165, 1.54) is 36.4 Å². The van der Waals surface area contributed by atoms with Gasteiger partial charge in [0.2, 0.25) is 0 Å². The van der Waals surface area contributed by atoms with Crippen molar-refractivity contribution in [1.29, 1.82) is 0 Å². The predicted molar refractivity (Wildman–Crippen MR) is 138 cm³/mol. The molecule has 0 radical (unpaired) electrons. The zero-order chi connectivity index (χ0) is 27.7. The van der Waals surface area contributed by atoms with Gasteiger partial charge in [-0.05, 0) is 66.1 Å². The van der Waals surface area contributed by atoms with Gasteiger partial charge in [0.25, 0.3) is 0 Å². The number of carbonyl (C=O) groups is 2. The lowest BCUT2D eigenvalue weighted by atomic mass is 10.1. The van der Waals surface area contributed by atoms with Crippen molar-refractivity contribution in [2.75, 3.05) is 24.7 Å². The Bertz CT molecular complexity index is 1270. The van der Waals surface area contributed by atoms with E-state index < -0.39 is 24.5 Å². The second-order valence-corrected chi connectivity index (χ2v) is 8.33. The molecule has 0 aliphatic heterocycles. The molecular formula is C28H27F3N2O5. The smallest absolute Gasteiger partial charge is 0.389 e. The Morgan fingerprint density at radius 1 is 0.842 bits per heavy atom. The van der Waals surface area contributed by atoms with Gasteiger partial charge in [0.1, 0.15) is 11.5 Å². The highest BCUT2D eigenvalue weighted by Crippen LogP contribution is 2.23. The summed E-state index contributed by atoms with van der Waals surface area (Å²) in [5, 5.41) is 0. The van der Waals surface area contributed by atoms with Gasteiger partial charge in [0, 0.05) is 24.2 Å². The summed E-state index contributed by atoms with van der Waals surface area (Å²) in [5.41, 5.74) is 14.3. The SMILES string of the molecule is C=C(C(=O)OCCc1ccc(N)cc1N)c1ccc(OC(=O)c2ccc(OCCCC(F)(F)F)cc2)cc1. The van der Waals surface area contributed by atoms with Crippen LogP contribution in [0.1, 0.15) is 34.3 Å². The topological polar surface area (TPSA) is 114 Å². The molecule has 0 bridgehead atoms. The molecule has 0 unspecified atom stereocenters. The van der Waals surface area contributed by atoms with E-state index in [0.29, 0.717) is 29.1 Å². The Labute approximate surface area is 217 Å². The number of halogens is 3. The monoisotopic (exact) mass is 528 g/mol. The van der Waals surface area contributed by atoms with E-state index in [4.69, 9.17) is 25.7 Å². The van der Waals surface area contributed by atoms with Crippen molar-refractivity contribution >= 4 is 28.9 Å². The summed E-state index contributed by atoms with van der Waals surface area (Å²) in [6, 6.07) is 17.2. The minimum absolute atomic E-state index is 0.0916. The maximum Gasteiger partial charge on any atom is 0.389 e. The summed E-state index contributed by atoms with van der Waals surface area (Å²) in [6.07, 6.45) is -4.89. The average molecular weight is 529 g/mol. The molecule has 0 saturated heterocycles. The molecule has 0 atom stereocenters. The van der Waals surface area contributed by atoms with Crippen LogP contribution in [0.25, 0.3) is 5.57 Å². The molecule has 0 fully saturated rings. The van der Waals surface area contributed by atoms with E-state index in [1.54, 1.807) is 30.3 Å². The van der Waals surface area contributed by atoms with E-state index in [1.807, 2.05) is 0 Å². The number of hydrogen-bond donors (Lipinski definition) is 2. The van der Waals surface area contributed by atoms with Gasteiger partial charge in [-0.1, -0.05) is 24.8 Å². The quantitative estimate of drug-likeness (QED) is 0.110. The third-order valence-corrected chi connectivity index (χ3v) is 5.40. The number of carbonyl (C=O) groups excluding carboxylic acids is 2. The molecule has 7 nitrogen and oxygen atoms in total. The van der Waals surface area contributed by atoms with Crippen molar-refractivity contribution in [3.8, 4) is 11.5 Å². The number of nitrogens with two attached hydrogens (primary N) is 2. The van der Waals surface area contributed by atoms with Crippen molar-refractivity contribution in [1.82, 2.24) is 0 Å². The number of hydrogen-bond acceptors (Lipinski definition) is 7. The van der Waals surface area contributed by atoms with Gasteiger partial charge in [-0.25, -0.2) is 9.59 Å². The predicted octanol–water partition coefficient (Wildman–Crippen LogP) is 5.59. The molecular weight excluding hydrogens is 501 g/mol. The van der Waals surface area contributed by atoms with Crippen LogP contribution in [0.5, 0.6) is 11.5 Å². The molecule has 0 aliphatic carbocycles. The van der Waals surface area contributed by atoms with Crippen molar-refractivity contribution < 1.29 is 37.0 Å². The Morgan fingerprint density at radius 2 is 1.47 bits per heavy atom. The highest BCUT2D eigenvalue weighted by atomic mass is 19.4. The van der Waals surface area contributed by atoms with Gasteiger partial charge < -0.3 is 25.7 Å². The normalized spacial score (nSPS) is 11.0. The number of alkyl halides is 3. The minimum atomic E-state index is -4.22. The largest absolute Gasteiger partial charge is 0.494 e. The lowest BCUT2D eigenvalue weighted by Gasteiger charge is -2.10. The molecule has 0 spiro atoms. The van der Waals surface area contributed by atoms with Crippen LogP contribution >= 0.6 is 0 Å².